The van der Waals surface area contributed by atoms with Crippen LogP contribution in [-0.4, -0.2) is 71.1 Å². The van der Waals surface area contributed by atoms with Crippen LogP contribution >= 0.6 is 11.3 Å². The number of carbonyl (C=O) groups is 5. The Morgan fingerprint density at radius 2 is 1.70 bits per heavy atom. The maximum absolute atomic E-state index is 14.3. The number of Topliss-reactive ketones (excluding diaryl/α,β-unsaturated/α-hetero) is 1. The van der Waals surface area contributed by atoms with Gasteiger partial charge < -0.3 is 37.5 Å². The van der Waals surface area contributed by atoms with Gasteiger partial charge in [-0.25, -0.2) is 4.98 Å². The number of nitrogens with one attached hydrogen (secondary N) is 4. The van der Waals surface area contributed by atoms with E-state index < -0.39 is 47.8 Å². The average Bonchev–Trinajstić information content (AvgIpc) is 3.56. The number of ketones is 1. The molecule has 4 bridgehead atoms. The van der Waals surface area contributed by atoms with Gasteiger partial charge in [-0.15, -0.1) is 11.3 Å². The second-order valence-corrected chi connectivity index (χ2v) is 14.7. The van der Waals surface area contributed by atoms with E-state index in [1.165, 1.54) is 18.3 Å². The molecule has 15 heteroatoms. The van der Waals surface area contributed by atoms with Crippen molar-refractivity contribution in [1.82, 2.24) is 26.3 Å². The Kier molecular flexibility index (Phi) is 13.3. The molecule has 0 radical (unpaired) electrons. The van der Waals surface area contributed by atoms with Crippen LogP contribution in [0.4, 0.5) is 0 Å². The van der Waals surface area contributed by atoms with Crippen LogP contribution in [0.1, 0.15) is 61.0 Å². The lowest BCUT2D eigenvalue weighted by Crippen LogP contribution is -2.58. The van der Waals surface area contributed by atoms with Crippen molar-refractivity contribution in [3.05, 3.63) is 88.9 Å². The van der Waals surface area contributed by atoms with Crippen LogP contribution in [0.15, 0.2) is 77.8 Å². The van der Waals surface area contributed by atoms with Gasteiger partial charge in [0.1, 0.15) is 29.6 Å². The largest absolute Gasteiger partial charge is 0.457 e. The van der Waals surface area contributed by atoms with Gasteiger partial charge in [0, 0.05) is 26.3 Å². The van der Waals surface area contributed by atoms with Crippen LogP contribution in [0, 0.1) is 5.92 Å². The second-order valence-electron chi connectivity index (χ2n) is 13.7. The number of fused-ring (bicyclic) bond motifs is 11. The lowest BCUT2D eigenvalue weighted by Gasteiger charge is -2.27. The molecule has 0 spiro atoms. The van der Waals surface area contributed by atoms with Gasteiger partial charge in [0.15, 0.2) is 11.0 Å². The Labute approximate surface area is 317 Å². The molecule has 4 aromatic rings. The highest BCUT2D eigenvalue weighted by atomic mass is 32.1. The number of aromatic nitrogens is 1. The smallest absolute Gasteiger partial charge is 0.243 e. The van der Waals surface area contributed by atoms with Crippen molar-refractivity contribution in [2.75, 3.05) is 6.54 Å². The molecule has 4 atom stereocenters. The van der Waals surface area contributed by atoms with Crippen LogP contribution in [-0.2, 0) is 32.0 Å². The predicted molar refractivity (Wildman–Crippen MR) is 207 cm³/mol. The molecular formula is C39H46N8O6S. The van der Waals surface area contributed by atoms with E-state index >= 15 is 0 Å². The number of nitrogens with zero attached hydrogens (tertiary/aromatic N) is 2. The minimum absolute atomic E-state index is 0.0240. The first kappa shape index (κ1) is 39.4. The van der Waals surface area contributed by atoms with Crippen molar-refractivity contribution in [2.45, 2.75) is 77.0 Å². The first-order chi connectivity index (χ1) is 25.8. The molecule has 0 unspecified atom stereocenters. The highest BCUT2D eigenvalue weighted by molar-refractivity contribution is 7.20. The molecule has 2 aliphatic rings. The number of carbonyl (C=O) groups excluding carboxylic acids is 5. The van der Waals surface area contributed by atoms with E-state index in [-0.39, 0.29) is 54.9 Å². The molecule has 8 N–H and O–H groups in total. The van der Waals surface area contributed by atoms with E-state index in [1.54, 1.807) is 48.5 Å². The molecule has 1 aromatic heterocycles. The molecule has 3 heterocycles. The third-order valence-corrected chi connectivity index (χ3v) is 9.74. The second kappa shape index (κ2) is 18.3. The average molecular weight is 755 g/mol. The number of hydrogen-bond donors (Lipinski definition) is 6. The van der Waals surface area contributed by atoms with Gasteiger partial charge >= 0.3 is 0 Å². The van der Waals surface area contributed by atoms with Crippen molar-refractivity contribution < 1.29 is 28.7 Å². The summed E-state index contributed by atoms with van der Waals surface area (Å²) >= 11 is 1.22. The monoisotopic (exact) mass is 754 g/mol. The van der Waals surface area contributed by atoms with Crippen LogP contribution in [0.2, 0.25) is 0 Å². The maximum atomic E-state index is 14.3. The quantitative estimate of drug-likeness (QED) is 0.0573. The zero-order valence-corrected chi connectivity index (χ0v) is 31.3. The first-order valence-corrected chi connectivity index (χ1v) is 18.7. The lowest BCUT2D eigenvalue weighted by atomic mass is 9.99. The molecular weight excluding hydrogens is 709 g/mol. The summed E-state index contributed by atoms with van der Waals surface area (Å²) in [6.07, 6.45) is 1.00. The van der Waals surface area contributed by atoms with Crippen LogP contribution < -0.4 is 37.5 Å². The number of amides is 4. The molecule has 4 amide bonds. The Hall–Kier alpha value is -5.83. The molecule has 54 heavy (non-hydrogen) atoms. The SMILES string of the molecule is CC(=O)N[C@H]1Cc2ccc(cc2)Oc2cccc(c2)C[C@@H](C(=O)N[C@@H](CCCN=C(N)N)C(=O)c2nc3ccccc3s2)NC(=O)[C@H](CC(C)C)NC1=O. The number of nitrogens with two attached hydrogens (primary N) is 2. The van der Waals surface area contributed by atoms with Gasteiger partial charge in [-0.2, -0.15) is 0 Å². The molecule has 0 saturated heterocycles. The summed E-state index contributed by atoms with van der Waals surface area (Å²) in [5.41, 5.74) is 13.1. The summed E-state index contributed by atoms with van der Waals surface area (Å²) in [6, 6.07) is 17.4. The van der Waals surface area contributed by atoms with E-state index in [2.05, 4.69) is 31.2 Å². The van der Waals surface area contributed by atoms with Crippen molar-refractivity contribution in [2.24, 2.45) is 22.4 Å². The van der Waals surface area contributed by atoms with Crippen molar-refractivity contribution in [3.8, 4) is 11.5 Å². The summed E-state index contributed by atoms with van der Waals surface area (Å²) in [5, 5.41) is 11.5. The molecule has 6 rings (SSSR count). The maximum Gasteiger partial charge on any atom is 0.243 e. The Balaban J connectivity index is 1.49. The topological polar surface area (TPSA) is 220 Å². The highest BCUT2D eigenvalue weighted by Crippen LogP contribution is 2.25. The van der Waals surface area contributed by atoms with E-state index in [0.29, 0.717) is 29.0 Å². The fraction of sp³-hybridized carbons (Fsp3) is 0.359. The predicted octanol–water partition coefficient (Wildman–Crippen LogP) is 3.13. The fourth-order valence-corrected chi connectivity index (χ4v) is 7.08. The lowest BCUT2D eigenvalue weighted by molar-refractivity contribution is -0.133. The third kappa shape index (κ3) is 11.1. The minimum atomic E-state index is -1.18. The molecule has 2 aliphatic heterocycles. The van der Waals surface area contributed by atoms with Gasteiger partial charge in [-0.1, -0.05) is 50.2 Å². The standard InChI is InChI=1S/C39H46N8O6S/c1-22(2)18-30-35(50)46-32(37(52)44-29(11-7-17-42-39(40)41)34(49)38-47-28-10-4-5-12-33(28)54-38)21-25-8-6-9-27(19-25)53-26-15-13-24(14-16-26)20-31(36(51)45-30)43-23(3)48/h4-6,8-10,12-16,19,22,29-32H,7,11,17-18,20-21H2,1-3H3,(H,43,48)(H,44,52)(H,45,51)(H,46,50)(H4,40,41,42)/t29-,30-,31-,32-/m0/s1. The summed E-state index contributed by atoms with van der Waals surface area (Å²) in [4.78, 5) is 76.7. The summed E-state index contributed by atoms with van der Waals surface area (Å²) < 4.78 is 6.94. The van der Waals surface area contributed by atoms with Crippen molar-refractivity contribution >= 4 is 56.9 Å². The van der Waals surface area contributed by atoms with E-state index in [4.69, 9.17) is 16.2 Å². The number of hydrogen-bond acceptors (Lipinski definition) is 9. The third-order valence-electron chi connectivity index (χ3n) is 8.69. The molecule has 14 nitrogen and oxygen atoms in total. The number of aliphatic imine (C=N–C) groups is 1. The molecule has 284 valence electrons. The Morgan fingerprint density at radius 1 is 0.944 bits per heavy atom. The Bertz CT molecular complexity index is 1980. The van der Waals surface area contributed by atoms with Crippen molar-refractivity contribution in [1.29, 1.82) is 0 Å². The van der Waals surface area contributed by atoms with Crippen LogP contribution in [0.25, 0.3) is 10.2 Å². The van der Waals surface area contributed by atoms with Gasteiger partial charge in [0.25, 0.3) is 0 Å². The first-order valence-electron chi connectivity index (χ1n) is 17.8. The van der Waals surface area contributed by atoms with Gasteiger partial charge in [0.2, 0.25) is 29.4 Å². The van der Waals surface area contributed by atoms with E-state index in [0.717, 1.165) is 10.3 Å². The minimum Gasteiger partial charge on any atom is -0.457 e. The van der Waals surface area contributed by atoms with Crippen molar-refractivity contribution in [3.63, 3.8) is 0 Å². The molecule has 0 aliphatic carbocycles. The zero-order chi connectivity index (χ0) is 38.8. The van der Waals surface area contributed by atoms with Gasteiger partial charge in [-0.3, -0.25) is 29.0 Å². The molecule has 0 saturated carbocycles. The van der Waals surface area contributed by atoms with E-state index in [1.807, 2.05) is 38.1 Å². The van der Waals surface area contributed by atoms with Gasteiger partial charge in [-0.05, 0) is 72.7 Å². The number of guanidine groups is 1. The fourth-order valence-electron chi connectivity index (χ4n) is 6.12. The van der Waals surface area contributed by atoms with Crippen LogP contribution in [0.3, 0.4) is 0 Å². The number of thiazole rings is 1. The molecule has 0 fully saturated rings. The highest BCUT2D eigenvalue weighted by Gasteiger charge is 2.33. The number of ether oxygens (including phenoxy) is 1. The number of para-hydroxylation sites is 1. The summed E-state index contributed by atoms with van der Waals surface area (Å²) in [6.45, 7) is 5.36. The number of rotatable bonds is 11. The normalized spacial score (nSPS) is 18.1. The van der Waals surface area contributed by atoms with Crippen LogP contribution in [0.5, 0.6) is 11.5 Å². The zero-order valence-electron chi connectivity index (χ0n) is 30.5. The van der Waals surface area contributed by atoms with E-state index in [9.17, 15) is 24.0 Å². The number of benzene rings is 3. The summed E-state index contributed by atoms with van der Waals surface area (Å²) in [5.74, 6) is -1.63. The molecule has 3 aromatic carbocycles. The Morgan fingerprint density at radius 3 is 2.41 bits per heavy atom. The van der Waals surface area contributed by atoms with Gasteiger partial charge in [0.05, 0.1) is 16.3 Å². The summed E-state index contributed by atoms with van der Waals surface area (Å²) in [7, 11) is 0.